The highest BCUT2D eigenvalue weighted by Gasteiger charge is 2.29. The standard InChI is InChI=1S/C11H16FNOSi/c1-9(14)13(15(2,3)4)11-8-6-5-7-10(11)12/h5-8H,1-4H3. The van der Waals surface area contributed by atoms with Crippen LogP contribution < -0.4 is 4.57 Å². The van der Waals surface area contributed by atoms with E-state index in [2.05, 4.69) is 0 Å². The summed E-state index contributed by atoms with van der Waals surface area (Å²) in [6.07, 6.45) is 0. The van der Waals surface area contributed by atoms with Gasteiger partial charge in [0.05, 0.1) is 5.69 Å². The van der Waals surface area contributed by atoms with Crippen molar-refractivity contribution >= 4 is 19.8 Å². The van der Waals surface area contributed by atoms with Gasteiger partial charge in [-0.1, -0.05) is 31.8 Å². The summed E-state index contributed by atoms with van der Waals surface area (Å²) < 4.78 is 15.2. The van der Waals surface area contributed by atoms with Crippen LogP contribution in [0.1, 0.15) is 6.92 Å². The van der Waals surface area contributed by atoms with Crippen molar-refractivity contribution in [3.8, 4) is 0 Å². The SMILES string of the molecule is CC(=O)N(c1ccccc1F)[Si](C)(C)C. The topological polar surface area (TPSA) is 20.3 Å². The molecule has 0 radical (unpaired) electrons. The predicted octanol–water partition coefficient (Wildman–Crippen LogP) is 3.01. The second-order valence-corrected chi connectivity index (χ2v) is 9.27. The molecule has 0 aliphatic carbocycles. The molecule has 0 atom stereocenters. The summed E-state index contributed by atoms with van der Waals surface area (Å²) in [5, 5.41) is 0. The Morgan fingerprint density at radius 1 is 1.27 bits per heavy atom. The van der Waals surface area contributed by atoms with Crippen molar-refractivity contribution in [2.45, 2.75) is 26.6 Å². The molecular formula is C11H16FNOSi. The summed E-state index contributed by atoms with van der Waals surface area (Å²) in [5.41, 5.74) is 0.393. The van der Waals surface area contributed by atoms with Crippen LogP contribution in [0.4, 0.5) is 10.1 Å². The van der Waals surface area contributed by atoms with Gasteiger partial charge < -0.3 is 4.57 Å². The van der Waals surface area contributed by atoms with Crippen LogP contribution in [0.5, 0.6) is 0 Å². The fourth-order valence-corrected chi connectivity index (χ4v) is 3.49. The molecular weight excluding hydrogens is 209 g/mol. The van der Waals surface area contributed by atoms with Gasteiger partial charge in [0.15, 0.2) is 8.24 Å². The van der Waals surface area contributed by atoms with Gasteiger partial charge in [-0.25, -0.2) is 4.39 Å². The minimum Gasteiger partial charge on any atom is -0.339 e. The van der Waals surface area contributed by atoms with E-state index < -0.39 is 8.24 Å². The molecule has 1 rings (SSSR count). The van der Waals surface area contributed by atoms with E-state index in [1.807, 2.05) is 19.6 Å². The number of hydrogen-bond acceptors (Lipinski definition) is 1. The predicted molar refractivity (Wildman–Crippen MR) is 62.9 cm³/mol. The number of amides is 1. The Hall–Kier alpha value is -1.16. The molecule has 0 saturated heterocycles. The first kappa shape index (κ1) is 11.9. The largest absolute Gasteiger partial charge is 0.339 e. The highest BCUT2D eigenvalue weighted by Crippen LogP contribution is 2.24. The molecule has 0 saturated carbocycles. The number of nitrogens with zero attached hydrogens (tertiary/aromatic N) is 1. The lowest BCUT2D eigenvalue weighted by Gasteiger charge is -2.33. The quantitative estimate of drug-likeness (QED) is 0.708. The number of halogens is 1. The maximum atomic E-state index is 13.6. The molecule has 15 heavy (non-hydrogen) atoms. The van der Waals surface area contributed by atoms with Gasteiger partial charge in [0.1, 0.15) is 5.82 Å². The lowest BCUT2D eigenvalue weighted by molar-refractivity contribution is -0.115. The van der Waals surface area contributed by atoms with Crippen molar-refractivity contribution in [3.63, 3.8) is 0 Å². The molecule has 1 aromatic carbocycles. The molecule has 82 valence electrons. The van der Waals surface area contributed by atoms with Crippen LogP contribution in [-0.2, 0) is 4.79 Å². The second kappa shape index (κ2) is 4.14. The van der Waals surface area contributed by atoms with E-state index in [-0.39, 0.29) is 11.7 Å². The Balaban J connectivity index is 3.23. The molecule has 0 N–H and O–H groups in total. The van der Waals surface area contributed by atoms with Crippen molar-refractivity contribution in [2.75, 3.05) is 4.57 Å². The summed E-state index contributed by atoms with van der Waals surface area (Å²) in [6, 6.07) is 6.40. The Bertz CT molecular complexity index is 373. The summed E-state index contributed by atoms with van der Waals surface area (Å²) >= 11 is 0. The van der Waals surface area contributed by atoms with Gasteiger partial charge in [0.2, 0.25) is 5.91 Å². The third-order valence-corrected chi connectivity index (χ3v) is 3.98. The molecule has 1 amide bonds. The van der Waals surface area contributed by atoms with Gasteiger partial charge in [0, 0.05) is 6.92 Å². The normalized spacial score (nSPS) is 11.3. The Kier molecular flexibility index (Phi) is 3.29. The van der Waals surface area contributed by atoms with Crippen LogP contribution in [-0.4, -0.2) is 14.1 Å². The highest BCUT2D eigenvalue weighted by atomic mass is 28.3. The molecule has 0 unspecified atom stereocenters. The summed E-state index contributed by atoms with van der Waals surface area (Å²) in [7, 11) is -1.88. The first-order valence-electron chi connectivity index (χ1n) is 4.89. The van der Waals surface area contributed by atoms with Gasteiger partial charge in [-0.3, -0.25) is 4.79 Å². The smallest absolute Gasteiger partial charge is 0.215 e. The Labute approximate surface area is 90.8 Å². The van der Waals surface area contributed by atoms with E-state index in [4.69, 9.17) is 0 Å². The molecule has 1 aromatic rings. The van der Waals surface area contributed by atoms with E-state index in [1.165, 1.54) is 13.0 Å². The Morgan fingerprint density at radius 2 is 1.80 bits per heavy atom. The number of para-hydroxylation sites is 1. The van der Waals surface area contributed by atoms with Crippen molar-refractivity contribution in [1.29, 1.82) is 0 Å². The average Bonchev–Trinajstić information content (AvgIpc) is 2.05. The fraction of sp³-hybridized carbons (Fsp3) is 0.364. The third-order valence-electron chi connectivity index (χ3n) is 2.08. The number of benzene rings is 1. The maximum absolute atomic E-state index is 13.6. The van der Waals surface area contributed by atoms with E-state index >= 15 is 0 Å². The van der Waals surface area contributed by atoms with E-state index in [9.17, 15) is 9.18 Å². The Morgan fingerprint density at radius 3 is 2.20 bits per heavy atom. The van der Waals surface area contributed by atoms with E-state index in [0.29, 0.717) is 5.69 Å². The summed E-state index contributed by atoms with van der Waals surface area (Å²) in [5.74, 6) is -0.436. The van der Waals surface area contributed by atoms with Crippen molar-refractivity contribution in [1.82, 2.24) is 0 Å². The molecule has 0 aliphatic rings. The van der Waals surface area contributed by atoms with Crippen molar-refractivity contribution < 1.29 is 9.18 Å². The van der Waals surface area contributed by atoms with E-state index in [0.717, 1.165) is 0 Å². The lowest BCUT2D eigenvalue weighted by atomic mass is 10.3. The molecule has 0 aromatic heterocycles. The maximum Gasteiger partial charge on any atom is 0.215 e. The third kappa shape index (κ3) is 2.65. The first-order chi connectivity index (χ1) is 6.84. The minimum absolute atomic E-state index is 0.0979. The van der Waals surface area contributed by atoms with Gasteiger partial charge in [-0.2, -0.15) is 0 Å². The van der Waals surface area contributed by atoms with Crippen LogP contribution in [0, 0.1) is 5.82 Å². The van der Waals surface area contributed by atoms with Gasteiger partial charge in [0.25, 0.3) is 0 Å². The van der Waals surface area contributed by atoms with Gasteiger partial charge in [-0.05, 0) is 12.1 Å². The molecule has 0 fully saturated rings. The van der Waals surface area contributed by atoms with Crippen molar-refractivity contribution in [3.05, 3.63) is 30.1 Å². The number of rotatable bonds is 2. The first-order valence-corrected chi connectivity index (χ1v) is 8.34. The molecule has 0 bridgehead atoms. The lowest BCUT2D eigenvalue weighted by Crippen LogP contribution is -2.49. The molecule has 0 heterocycles. The minimum atomic E-state index is -1.88. The zero-order valence-corrected chi connectivity index (χ0v) is 10.5. The van der Waals surface area contributed by atoms with Gasteiger partial charge in [-0.15, -0.1) is 0 Å². The van der Waals surface area contributed by atoms with Crippen LogP contribution in [0.2, 0.25) is 19.6 Å². The summed E-state index contributed by atoms with van der Waals surface area (Å²) in [6.45, 7) is 7.52. The zero-order chi connectivity index (χ0) is 11.6. The number of anilines is 1. The summed E-state index contributed by atoms with van der Waals surface area (Å²) in [4.78, 5) is 11.5. The second-order valence-electron chi connectivity index (χ2n) is 4.48. The zero-order valence-electron chi connectivity index (χ0n) is 9.54. The van der Waals surface area contributed by atoms with Crippen LogP contribution in [0.25, 0.3) is 0 Å². The molecule has 4 heteroatoms. The molecule has 2 nitrogen and oxygen atoms in total. The van der Waals surface area contributed by atoms with Crippen LogP contribution in [0.3, 0.4) is 0 Å². The van der Waals surface area contributed by atoms with Crippen LogP contribution >= 0.6 is 0 Å². The average molecular weight is 225 g/mol. The van der Waals surface area contributed by atoms with Crippen LogP contribution in [0.15, 0.2) is 24.3 Å². The van der Waals surface area contributed by atoms with Gasteiger partial charge >= 0.3 is 0 Å². The monoisotopic (exact) mass is 225 g/mol. The number of hydrogen-bond donors (Lipinski definition) is 0. The van der Waals surface area contributed by atoms with Crippen molar-refractivity contribution in [2.24, 2.45) is 0 Å². The fourth-order valence-electron chi connectivity index (χ4n) is 1.64. The number of carbonyl (C=O) groups is 1. The number of carbonyl (C=O) groups excluding carboxylic acids is 1. The highest BCUT2D eigenvalue weighted by molar-refractivity contribution is 6.83. The van der Waals surface area contributed by atoms with E-state index in [1.54, 1.807) is 22.8 Å². The molecule has 0 spiro atoms. The molecule has 0 aliphatic heterocycles.